The first kappa shape index (κ1) is 25.0. The van der Waals surface area contributed by atoms with Gasteiger partial charge in [-0.3, -0.25) is 9.59 Å². The maximum atomic E-state index is 14.5. The third kappa shape index (κ3) is 6.46. The smallest absolute Gasteiger partial charge is 0.251 e. The normalized spacial score (nSPS) is 12.1. The lowest BCUT2D eigenvalue weighted by Crippen LogP contribution is -2.45. The topological polar surface area (TPSA) is 104 Å². The quantitative estimate of drug-likeness (QED) is 0.431. The fraction of sp³-hybridized carbons (Fsp3) is 0.167. The molecule has 178 valence electrons. The Morgan fingerprint density at radius 1 is 0.941 bits per heavy atom. The Morgan fingerprint density at radius 3 is 2.24 bits per heavy atom. The summed E-state index contributed by atoms with van der Waals surface area (Å²) in [6, 6.07) is 15.9. The molecule has 3 aromatic rings. The zero-order chi connectivity index (χ0) is 24.7. The van der Waals surface area contributed by atoms with Crippen LogP contribution in [0, 0.1) is 11.6 Å². The SMILES string of the molecule is CCNS(=O)(=O)c1ccc(NC(=O)[C@H](Cc2ccccc2)NC(=O)c2ccc(F)cc2)cc1F. The van der Waals surface area contributed by atoms with Crippen molar-refractivity contribution in [3.8, 4) is 0 Å². The molecule has 3 rings (SSSR count). The van der Waals surface area contributed by atoms with E-state index in [2.05, 4.69) is 15.4 Å². The molecule has 34 heavy (non-hydrogen) atoms. The molecule has 0 heterocycles. The van der Waals surface area contributed by atoms with Crippen molar-refractivity contribution in [2.75, 3.05) is 11.9 Å². The number of benzene rings is 3. The van der Waals surface area contributed by atoms with Crippen LogP contribution in [-0.4, -0.2) is 32.8 Å². The molecule has 0 saturated heterocycles. The van der Waals surface area contributed by atoms with Gasteiger partial charge in [0.05, 0.1) is 0 Å². The summed E-state index contributed by atoms with van der Waals surface area (Å²) < 4.78 is 54.0. The van der Waals surface area contributed by atoms with Crippen molar-refractivity contribution in [3.63, 3.8) is 0 Å². The van der Waals surface area contributed by atoms with Gasteiger partial charge >= 0.3 is 0 Å². The van der Waals surface area contributed by atoms with Crippen LogP contribution >= 0.6 is 0 Å². The van der Waals surface area contributed by atoms with Crippen LogP contribution in [0.3, 0.4) is 0 Å². The van der Waals surface area contributed by atoms with Gasteiger partial charge in [0.2, 0.25) is 15.9 Å². The van der Waals surface area contributed by atoms with Gasteiger partial charge < -0.3 is 10.6 Å². The van der Waals surface area contributed by atoms with E-state index in [4.69, 9.17) is 0 Å². The Balaban J connectivity index is 1.81. The first-order valence-corrected chi connectivity index (χ1v) is 11.9. The van der Waals surface area contributed by atoms with E-state index < -0.39 is 44.4 Å². The van der Waals surface area contributed by atoms with E-state index in [1.54, 1.807) is 37.3 Å². The van der Waals surface area contributed by atoms with Gasteiger partial charge in [-0.25, -0.2) is 21.9 Å². The molecule has 7 nitrogen and oxygen atoms in total. The number of sulfonamides is 1. The van der Waals surface area contributed by atoms with E-state index in [9.17, 15) is 26.8 Å². The first-order chi connectivity index (χ1) is 16.2. The van der Waals surface area contributed by atoms with Gasteiger partial charge in [-0.15, -0.1) is 0 Å². The Morgan fingerprint density at radius 2 is 1.62 bits per heavy atom. The average molecular weight is 488 g/mol. The number of amides is 2. The number of halogens is 2. The highest BCUT2D eigenvalue weighted by Crippen LogP contribution is 2.19. The number of rotatable bonds is 9. The number of hydrogen-bond acceptors (Lipinski definition) is 4. The summed E-state index contributed by atoms with van der Waals surface area (Å²) in [6.07, 6.45) is 0.134. The van der Waals surface area contributed by atoms with E-state index >= 15 is 0 Å². The molecule has 0 spiro atoms. The van der Waals surface area contributed by atoms with Crippen LogP contribution in [0.1, 0.15) is 22.8 Å². The molecule has 3 aromatic carbocycles. The molecule has 0 unspecified atom stereocenters. The zero-order valence-corrected chi connectivity index (χ0v) is 19.0. The van der Waals surface area contributed by atoms with E-state index in [1.165, 1.54) is 18.2 Å². The lowest BCUT2D eigenvalue weighted by atomic mass is 10.0. The van der Waals surface area contributed by atoms with E-state index in [1.807, 2.05) is 0 Å². The van der Waals surface area contributed by atoms with E-state index in [0.717, 1.165) is 29.8 Å². The van der Waals surface area contributed by atoms with Gasteiger partial charge in [0.25, 0.3) is 5.91 Å². The van der Waals surface area contributed by atoms with Crippen molar-refractivity contribution in [3.05, 3.63) is 95.6 Å². The summed E-state index contributed by atoms with van der Waals surface area (Å²) in [5.41, 5.74) is 0.948. The molecule has 0 aliphatic heterocycles. The molecule has 0 radical (unpaired) electrons. The fourth-order valence-corrected chi connectivity index (χ4v) is 4.29. The van der Waals surface area contributed by atoms with Crippen molar-refractivity contribution in [2.45, 2.75) is 24.3 Å². The maximum absolute atomic E-state index is 14.5. The number of anilines is 1. The second-order valence-electron chi connectivity index (χ2n) is 7.36. The monoisotopic (exact) mass is 487 g/mol. The lowest BCUT2D eigenvalue weighted by Gasteiger charge is -2.19. The minimum atomic E-state index is -4.01. The molecule has 0 saturated carbocycles. The molecular formula is C24H23F2N3O4S. The predicted molar refractivity (Wildman–Crippen MR) is 124 cm³/mol. The summed E-state index contributed by atoms with van der Waals surface area (Å²) >= 11 is 0. The van der Waals surface area contributed by atoms with Gasteiger partial charge in [0, 0.05) is 24.2 Å². The van der Waals surface area contributed by atoms with Gasteiger partial charge in [-0.2, -0.15) is 0 Å². The van der Waals surface area contributed by atoms with Gasteiger partial charge in [-0.1, -0.05) is 37.3 Å². The molecule has 10 heteroatoms. The van der Waals surface area contributed by atoms with Crippen molar-refractivity contribution < 1.29 is 26.8 Å². The standard InChI is InChI=1S/C24H23F2N3O4S/c1-2-27-34(32,33)22-13-12-19(15-20(22)26)28-24(31)21(14-16-6-4-3-5-7-16)29-23(30)17-8-10-18(25)11-9-17/h3-13,15,21,27H,2,14H2,1H3,(H,28,31)(H,29,30)/t21-/m0/s1. The highest BCUT2D eigenvalue weighted by Gasteiger charge is 2.24. The third-order valence-electron chi connectivity index (χ3n) is 4.83. The summed E-state index contributed by atoms with van der Waals surface area (Å²) in [4.78, 5) is 25.1. The van der Waals surface area contributed by atoms with Gasteiger partial charge in [-0.05, 0) is 48.0 Å². The van der Waals surface area contributed by atoms with Crippen LogP contribution in [0.25, 0.3) is 0 Å². The van der Waals surface area contributed by atoms with Gasteiger partial charge in [0.15, 0.2) is 0 Å². The zero-order valence-electron chi connectivity index (χ0n) is 18.2. The molecule has 3 N–H and O–H groups in total. The molecular weight excluding hydrogens is 464 g/mol. The summed E-state index contributed by atoms with van der Waals surface area (Å²) in [5, 5.41) is 5.13. The molecule has 1 atom stereocenters. The van der Waals surface area contributed by atoms with Crippen LogP contribution in [0.15, 0.2) is 77.7 Å². The van der Waals surface area contributed by atoms with Crippen LogP contribution in [-0.2, 0) is 21.2 Å². The first-order valence-electron chi connectivity index (χ1n) is 10.4. The number of carbonyl (C=O) groups is 2. The van der Waals surface area contributed by atoms with Crippen molar-refractivity contribution in [1.82, 2.24) is 10.0 Å². The van der Waals surface area contributed by atoms with E-state index in [-0.39, 0.29) is 24.2 Å². The van der Waals surface area contributed by atoms with Crippen molar-refractivity contribution in [2.24, 2.45) is 0 Å². The second kappa shape index (κ2) is 11.0. The van der Waals surface area contributed by atoms with Crippen molar-refractivity contribution >= 4 is 27.5 Å². The second-order valence-corrected chi connectivity index (χ2v) is 9.09. The number of nitrogens with one attached hydrogen (secondary N) is 3. The Bertz CT molecular complexity index is 1270. The fourth-order valence-electron chi connectivity index (χ4n) is 3.20. The highest BCUT2D eigenvalue weighted by atomic mass is 32.2. The Labute approximate surface area is 196 Å². The predicted octanol–water partition coefficient (Wildman–Crippen LogP) is 3.24. The number of carbonyl (C=O) groups excluding carboxylic acids is 2. The molecule has 0 aliphatic rings. The van der Waals surface area contributed by atoms with Crippen LogP contribution in [0.5, 0.6) is 0 Å². The molecule has 0 bridgehead atoms. The third-order valence-corrected chi connectivity index (χ3v) is 6.41. The Kier molecular flexibility index (Phi) is 8.08. The molecule has 2 amide bonds. The minimum Gasteiger partial charge on any atom is -0.340 e. The maximum Gasteiger partial charge on any atom is 0.251 e. The summed E-state index contributed by atoms with van der Waals surface area (Å²) in [6.45, 7) is 1.66. The average Bonchev–Trinajstić information content (AvgIpc) is 2.79. The van der Waals surface area contributed by atoms with Crippen LogP contribution in [0.4, 0.5) is 14.5 Å². The number of hydrogen-bond donors (Lipinski definition) is 3. The summed E-state index contributed by atoms with van der Waals surface area (Å²) in [7, 11) is -4.01. The van der Waals surface area contributed by atoms with Crippen LogP contribution < -0.4 is 15.4 Å². The van der Waals surface area contributed by atoms with Gasteiger partial charge in [0.1, 0.15) is 22.6 Å². The summed E-state index contributed by atoms with van der Waals surface area (Å²) in [5.74, 6) is -2.76. The van der Waals surface area contributed by atoms with Crippen LogP contribution in [0.2, 0.25) is 0 Å². The minimum absolute atomic E-state index is 0.0204. The molecule has 0 aliphatic carbocycles. The Hall–Kier alpha value is -3.63. The lowest BCUT2D eigenvalue weighted by molar-refractivity contribution is -0.118. The highest BCUT2D eigenvalue weighted by molar-refractivity contribution is 7.89. The largest absolute Gasteiger partial charge is 0.340 e. The van der Waals surface area contributed by atoms with E-state index in [0.29, 0.717) is 0 Å². The molecule has 0 fully saturated rings. The van der Waals surface area contributed by atoms with Crippen molar-refractivity contribution in [1.29, 1.82) is 0 Å². The molecule has 0 aromatic heterocycles.